The van der Waals surface area contributed by atoms with Crippen LogP contribution in [-0.4, -0.2) is 11.8 Å². The number of amides is 2. The first kappa shape index (κ1) is 25.9. The molecule has 0 saturated carbocycles. The fourth-order valence-corrected chi connectivity index (χ4v) is 3.27. The Bertz CT molecular complexity index is 1190. The molecule has 0 unspecified atom stereocenters. The van der Waals surface area contributed by atoms with Crippen LogP contribution in [0.3, 0.4) is 0 Å². The topological polar surface area (TPSA) is 58.2 Å². The monoisotopic (exact) mass is 474 g/mol. The predicted octanol–water partition coefficient (Wildman–Crippen LogP) is 7.63. The highest BCUT2D eigenvalue weighted by Gasteiger charge is 1.95. The first-order valence-electron chi connectivity index (χ1n) is 11.7. The molecule has 0 aromatic heterocycles. The molecule has 4 nitrogen and oxygen atoms in total. The van der Waals surface area contributed by atoms with E-state index in [9.17, 15) is 9.59 Å². The maximum atomic E-state index is 10.9. The third-order valence-electron chi connectivity index (χ3n) is 5.00. The first-order valence-corrected chi connectivity index (χ1v) is 11.7. The average molecular weight is 475 g/mol. The largest absolute Gasteiger partial charge is 0.326 e. The molecule has 0 saturated heterocycles. The Hall–Kier alpha value is -4.70. The highest BCUT2D eigenvalue weighted by molar-refractivity contribution is 5.89. The quantitative estimate of drug-likeness (QED) is 0.282. The molecule has 0 spiro atoms. The van der Waals surface area contributed by atoms with Crippen molar-refractivity contribution in [2.45, 2.75) is 13.8 Å². The maximum Gasteiger partial charge on any atom is 0.221 e. The van der Waals surface area contributed by atoms with E-state index in [-0.39, 0.29) is 11.8 Å². The Labute approximate surface area is 213 Å². The molecule has 2 amide bonds. The second kappa shape index (κ2) is 13.9. The molecule has 4 aromatic carbocycles. The molecule has 0 bridgehead atoms. The van der Waals surface area contributed by atoms with Crippen LogP contribution in [0.2, 0.25) is 0 Å². The standard InChI is InChI=1S/2C16H15NO/c2*1-13(18)17-16-11-9-15(10-12-16)8-7-14-5-3-2-4-6-14/h2*2-12H,1H3,(H,17,18)/b2*8-7+. The molecule has 0 aliphatic rings. The van der Waals surface area contributed by atoms with Gasteiger partial charge in [0.15, 0.2) is 0 Å². The minimum atomic E-state index is -0.0532. The molecule has 0 aliphatic heterocycles. The highest BCUT2D eigenvalue weighted by Crippen LogP contribution is 2.14. The number of hydrogen-bond donors (Lipinski definition) is 2. The van der Waals surface area contributed by atoms with Crippen molar-refractivity contribution in [3.63, 3.8) is 0 Å². The van der Waals surface area contributed by atoms with E-state index in [1.54, 1.807) is 0 Å². The second-order valence-corrected chi connectivity index (χ2v) is 8.09. The van der Waals surface area contributed by atoms with E-state index in [0.717, 1.165) is 22.5 Å². The second-order valence-electron chi connectivity index (χ2n) is 8.09. The number of rotatable bonds is 6. The lowest BCUT2D eigenvalue weighted by atomic mass is 10.1. The molecule has 4 heteroatoms. The summed E-state index contributed by atoms with van der Waals surface area (Å²) in [4.78, 5) is 21.8. The molecule has 0 radical (unpaired) electrons. The van der Waals surface area contributed by atoms with Crippen LogP contribution >= 0.6 is 0 Å². The van der Waals surface area contributed by atoms with Crippen molar-refractivity contribution in [3.05, 3.63) is 131 Å². The lowest BCUT2D eigenvalue weighted by Crippen LogP contribution is -2.05. The first-order chi connectivity index (χ1) is 17.5. The third-order valence-corrected chi connectivity index (χ3v) is 5.00. The zero-order valence-corrected chi connectivity index (χ0v) is 20.5. The minimum absolute atomic E-state index is 0.0532. The molecule has 4 rings (SSSR count). The molecular formula is C32H30N2O2. The van der Waals surface area contributed by atoms with Gasteiger partial charge in [-0.1, -0.05) is 109 Å². The molecule has 4 aromatic rings. The zero-order valence-electron chi connectivity index (χ0n) is 20.5. The minimum Gasteiger partial charge on any atom is -0.326 e. The molecule has 36 heavy (non-hydrogen) atoms. The van der Waals surface area contributed by atoms with Crippen molar-refractivity contribution in [2.24, 2.45) is 0 Å². The summed E-state index contributed by atoms with van der Waals surface area (Å²) < 4.78 is 0. The van der Waals surface area contributed by atoms with Gasteiger partial charge in [0.2, 0.25) is 11.8 Å². The van der Waals surface area contributed by atoms with Gasteiger partial charge in [0.1, 0.15) is 0 Å². The van der Waals surface area contributed by atoms with Crippen LogP contribution in [0.25, 0.3) is 24.3 Å². The Morgan fingerprint density at radius 3 is 1.00 bits per heavy atom. The lowest BCUT2D eigenvalue weighted by molar-refractivity contribution is -0.115. The van der Waals surface area contributed by atoms with E-state index < -0.39 is 0 Å². The summed E-state index contributed by atoms with van der Waals surface area (Å²) >= 11 is 0. The van der Waals surface area contributed by atoms with Gasteiger partial charge >= 0.3 is 0 Å². The number of anilines is 2. The third kappa shape index (κ3) is 9.65. The van der Waals surface area contributed by atoms with Gasteiger partial charge < -0.3 is 10.6 Å². The summed E-state index contributed by atoms with van der Waals surface area (Å²) in [6, 6.07) is 35.8. The van der Waals surface area contributed by atoms with Crippen LogP contribution in [0.15, 0.2) is 109 Å². The van der Waals surface area contributed by atoms with Crippen LogP contribution in [-0.2, 0) is 9.59 Å². The molecule has 0 heterocycles. The summed E-state index contributed by atoms with van der Waals surface area (Å²) in [6.45, 7) is 3.01. The van der Waals surface area contributed by atoms with Gasteiger partial charge in [0, 0.05) is 25.2 Å². The molecule has 0 aliphatic carbocycles. The Morgan fingerprint density at radius 2 is 0.722 bits per heavy atom. The highest BCUT2D eigenvalue weighted by atomic mass is 16.2. The number of carbonyl (C=O) groups excluding carboxylic acids is 2. The van der Waals surface area contributed by atoms with Crippen LogP contribution in [0, 0.1) is 0 Å². The van der Waals surface area contributed by atoms with Crippen LogP contribution < -0.4 is 10.6 Å². The summed E-state index contributed by atoms with van der Waals surface area (Å²) in [7, 11) is 0. The maximum absolute atomic E-state index is 10.9. The lowest BCUT2D eigenvalue weighted by Gasteiger charge is -2.01. The summed E-state index contributed by atoms with van der Waals surface area (Å²) in [6.07, 6.45) is 8.22. The van der Waals surface area contributed by atoms with Crippen molar-refractivity contribution >= 4 is 47.5 Å². The molecule has 0 fully saturated rings. The number of carbonyl (C=O) groups is 2. The number of benzene rings is 4. The van der Waals surface area contributed by atoms with Crippen LogP contribution in [0.4, 0.5) is 11.4 Å². The van der Waals surface area contributed by atoms with Gasteiger partial charge in [-0.3, -0.25) is 9.59 Å². The van der Waals surface area contributed by atoms with Crippen molar-refractivity contribution in [1.29, 1.82) is 0 Å². The van der Waals surface area contributed by atoms with Crippen molar-refractivity contribution in [1.82, 2.24) is 0 Å². The van der Waals surface area contributed by atoms with E-state index in [1.165, 1.54) is 25.0 Å². The zero-order chi connectivity index (χ0) is 25.6. The number of nitrogens with one attached hydrogen (secondary N) is 2. The molecular weight excluding hydrogens is 444 g/mol. The fourth-order valence-electron chi connectivity index (χ4n) is 3.27. The predicted molar refractivity (Wildman–Crippen MR) is 152 cm³/mol. The van der Waals surface area contributed by atoms with Gasteiger partial charge in [0.05, 0.1) is 0 Å². The Kier molecular flexibility index (Phi) is 9.99. The van der Waals surface area contributed by atoms with Gasteiger partial charge in [-0.15, -0.1) is 0 Å². The molecule has 2 N–H and O–H groups in total. The van der Waals surface area contributed by atoms with Crippen molar-refractivity contribution < 1.29 is 9.59 Å². The van der Waals surface area contributed by atoms with E-state index in [1.807, 2.05) is 97.1 Å². The van der Waals surface area contributed by atoms with Gasteiger partial charge in [-0.2, -0.15) is 0 Å². The van der Waals surface area contributed by atoms with Gasteiger partial charge in [0.25, 0.3) is 0 Å². The Morgan fingerprint density at radius 1 is 0.444 bits per heavy atom. The summed E-state index contributed by atoms with van der Waals surface area (Å²) in [5.74, 6) is -0.106. The summed E-state index contributed by atoms with van der Waals surface area (Å²) in [5, 5.41) is 5.49. The molecule has 0 atom stereocenters. The SMILES string of the molecule is CC(=O)Nc1ccc(/C=C/c2ccccc2)cc1.CC(=O)Nc1ccc(/C=C/c2ccccc2)cc1. The van der Waals surface area contributed by atoms with E-state index in [4.69, 9.17) is 0 Å². The van der Waals surface area contributed by atoms with Crippen LogP contribution in [0.1, 0.15) is 36.1 Å². The van der Waals surface area contributed by atoms with Crippen molar-refractivity contribution in [2.75, 3.05) is 10.6 Å². The van der Waals surface area contributed by atoms with Gasteiger partial charge in [-0.25, -0.2) is 0 Å². The van der Waals surface area contributed by atoms with E-state index in [0.29, 0.717) is 0 Å². The van der Waals surface area contributed by atoms with Crippen molar-refractivity contribution in [3.8, 4) is 0 Å². The fraction of sp³-hybridized carbons (Fsp3) is 0.0625. The van der Waals surface area contributed by atoms with E-state index in [2.05, 4.69) is 47.1 Å². The average Bonchev–Trinajstić information content (AvgIpc) is 2.89. The van der Waals surface area contributed by atoms with E-state index >= 15 is 0 Å². The van der Waals surface area contributed by atoms with Gasteiger partial charge in [-0.05, 0) is 46.5 Å². The normalized spacial score (nSPS) is 10.5. The van der Waals surface area contributed by atoms with Crippen LogP contribution in [0.5, 0.6) is 0 Å². The Balaban J connectivity index is 0.000000201. The smallest absolute Gasteiger partial charge is 0.221 e. The number of hydrogen-bond acceptors (Lipinski definition) is 2. The summed E-state index contributed by atoms with van der Waals surface area (Å²) in [5.41, 5.74) is 6.19. The molecule has 180 valence electrons.